The van der Waals surface area contributed by atoms with Gasteiger partial charge >= 0.3 is 0 Å². The van der Waals surface area contributed by atoms with Gasteiger partial charge in [-0.3, -0.25) is 0 Å². The summed E-state index contributed by atoms with van der Waals surface area (Å²) in [6.07, 6.45) is 5.77. The van der Waals surface area contributed by atoms with Crippen molar-refractivity contribution in [1.29, 1.82) is 0 Å². The van der Waals surface area contributed by atoms with E-state index >= 15 is 0 Å². The quantitative estimate of drug-likeness (QED) is 0.829. The highest BCUT2D eigenvalue weighted by Crippen LogP contribution is 2.07. The molecular formula is C12H19Cl2N3. The average Bonchev–Trinajstić information content (AvgIpc) is 2.33. The third kappa shape index (κ3) is 5.21. The number of piperidine rings is 1. The summed E-state index contributed by atoms with van der Waals surface area (Å²) in [7, 11) is 0. The molecule has 1 saturated heterocycles. The molecule has 0 bridgehead atoms. The van der Waals surface area contributed by atoms with Crippen molar-refractivity contribution in [2.45, 2.75) is 31.8 Å². The van der Waals surface area contributed by atoms with E-state index in [1.54, 1.807) is 0 Å². The van der Waals surface area contributed by atoms with E-state index in [-0.39, 0.29) is 12.4 Å². The number of nitrogens with zero attached hydrogens (tertiary/aromatic N) is 1. The van der Waals surface area contributed by atoms with E-state index in [9.17, 15) is 0 Å². The molecule has 1 fully saturated rings. The maximum absolute atomic E-state index is 5.73. The minimum absolute atomic E-state index is 0. The second-order valence-corrected chi connectivity index (χ2v) is 4.65. The van der Waals surface area contributed by atoms with Crippen LogP contribution in [0.5, 0.6) is 0 Å². The maximum atomic E-state index is 5.73. The molecule has 0 amide bonds. The van der Waals surface area contributed by atoms with Gasteiger partial charge in [0.1, 0.15) is 5.15 Å². The summed E-state index contributed by atoms with van der Waals surface area (Å²) in [5.74, 6) is 0. The largest absolute Gasteiger partial charge is 0.313 e. The van der Waals surface area contributed by atoms with Crippen LogP contribution < -0.4 is 10.6 Å². The number of halogens is 2. The number of pyridine rings is 1. The van der Waals surface area contributed by atoms with Crippen LogP contribution in [0.4, 0.5) is 0 Å². The molecule has 1 aliphatic rings. The van der Waals surface area contributed by atoms with Crippen molar-refractivity contribution in [3.05, 3.63) is 29.0 Å². The van der Waals surface area contributed by atoms with Crippen molar-refractivity contribution in [1.82, 2.24) is 15.6 Å². The van der Waals surface area contributed by atoms with E-state index in [4.69, 9.17) is 11.6 Å². The van der Waals surface area contributed by atoms with Gasteiger partial charge in [0, 0.05) is 25.3 Å². The van der Waals surface area contributed by atoms with E-state index in [1.807, 2.05) is 18.3 Å². The van der Waals surface area contributed by atoms with Crippen LogP contribution >= 0.6 is 24.0 Å². The predicted molar refractivity (Wildman–Crippen MR) is 73.8 cm³/mol. The lowest BCUT2D eigenvalue weighted by atomic mass is 10.1. The van der Waals surface area contributed by atoms with Crippen LogP contribution in [0, 0.1) is 0 Å². The molecule has 2 N–H and O–H groups in total. The van der Waals surface area contributed by atoms with Crippen LogP contribution in [0.15, 0.2) is 18.3 Å². The van der Waals surface area contributed by atoms with Crippen LogP contribution in [0.2, 0.25) is 5.15 Å². The number of aromatic nitrogens is 1. The van der Waals surface area contributed by atoms with Crippen molar-refractivity contribution >= 4 is 24.0 Å². The molecule has 0 radical (unpaired) electrons. The van der Waals surface area contributed by atoms with Gasteiger partial charge in [0.15, 0.2) is 0 Å². The molecule has 0 aromatic carbocycles. The van der Waals surface area contributed by atoms with Gasteiger partial charge in [0.25, 0.3) is 0 Å². The van der Waals surface area contributed by atoms with Crippen molar-refractivity contribution in [2.75, 3.05) is 13.1 Å². The van der Waals surface area contributed by atoms with Crippen LogP contribution in [-0.4, -0.2) is 24.1 Å². The molecule has 1 aromatic rings. The second kappa shape index (κ2) is 7.88. The molecule has 0 aliphatic carbocycles. The van der Waals surface area contributed by atoms with Crippen LogP contribution in [-0.2, 0) is 6.54 Å². The van der Waals surface area contributed by atoms with E-state index in [2.05, 4.69) is 15.6 Å². The third-order valence-corrected chi connectivity index (χ3v) is 3.14. The van der Waals surface area contributed by atoms with E-state index in [1.165, 1.54) is 24.8 Å². The Bertz CT molecular complexity index is 310. The second-order valence-electron chi connectivity index (χ2n) is 4.27. The highest BCUT2D eigenvalue weighted by atomic mass is 35.5. The maximum Gasteiger partial charge on any atom is 0.129 e. The molecule has 2 heterocycles. The Morgan fingerprint density at radius 3 is 2.94 bits per heavy atom. The van der Waals surface area contributed by atoms with Gasteiger partial charge in [-0.1, -0.05) is 24.1 Å². The first-order valence-corrected chi connectivity index (χ1v) is 6.27. The van der Waals surface area contributed by atoms with E-state index < -0.39 is 0 Å². The summed E-state index contributed by atoms with van der Waals surface area (Å²) < 4.78 is 0. The Hall–Kier alpha value is -0.350. The standard InChI is InChI=1S/C12H18ClN3.ClH/c13-12-5-4-10(8-16-12)7-14-9-11-3-1-2-6-15-11;/h4-5,8,11,14-15H,1-3,6-7,9H2;1H. The molecular weight excluding hydrogens is 257 g/mol. The zero-order valence-electron chi connectivity index (χ0n) is 9.79. The lowest BCUT2D eigenvalue weighted by molar-refractivity contribution is 0.383. The van der Waals surface area contributed by atoms with Gasteiger partial charge in [-0.25, -0.2) is 4.98 Å². The Morgan fingerprint density at radius 1 is 1.41 bits per heavy atom. The van der Waals surface area contributed by atoms with Crippen molar-refractivity contribution in [3.63, 3.8) is 0 Å². The van der Waals surface area contributed by atoms with Gasteiger partial charge in [0.05, 0.1) is 0 Å². The smallest absolute Gasteiger partial charge is 0.129 e. The van der Waals surface area contributed by atoms with Gasteiger partial charge in [-0.05, 0) is 31.0 Å². The minimum atomic E-state index is 0. The molecule has 1 unspecified atom stereocenters. The highest BCUT2D eigenvalue weighted by Gasteiger charge is 2.11. The van der Waals surface area contributed by atoms with E-state index in [0.29, 0.717) is 11.2 Å². The van der Waals surface area contributed by atoms with Crippen molar-refractivity contribution in [3.8, 4) is 0 Å². The SMILES string of the molecule is Cl.Clc1ccc(CNCC2CCCCN2)cn1. The van der Waals surface area contributed by atoms with Gasteiger partial charge in [0.2, 0.25) is 0 Å². The Balaban J connectivity index is 0.00000144. The lowest BCUT2D eigenvalue weighted by Gasteiger charge is -2.23. The van der Waals surface area contributed by atoms with Crippen LogP contribution in [0.3, 0.4) is 0 Å². The molecule has 1 atom stereocenters. The molecule has 1 aliphatic heterocycles. The van der Waals surface area contributed by atoms with Gasteiger partial charge in [-0.2, -0.15) is 0 Å². The fourth-order valence-electron chi connectivity index (χ4n) is 2.00. The summed E-state index contributed by atoms with van der Waals surface area (Å²) in [6.45, 7) is 3.06. The normalized spacial score (nSPS) is 19.7. The first-order valence-electron chi connectivity index (χ1n) is 5.89. The average molecular weight is 276 g/mol. The molecule has 0 spiro atoms. The third-order valence-electron chi connectivity index (χ3n) is 2.92. The Morgan fingerprint density at radius 2 is 2.29 bits per heavy atom. The molecule has 96 valence electrons. The summed E-state index contributed by atoms with van der Waals surface area (Å²) in [5, 5.41) is 7.51. The lowest BCUT2D eigenvalue weighted by Crippen LogP contribution is -2.41. The first kappa shape index (κ1) is 14.7. The Labute approximate surface area is 114 Å². The van der Waals surface area contributed by atoms with Crippen molar-refractivity contribution in [2.24, 2.45) is 0 Å². The summed E-state index contributed by atoms with van der Waals surface area (Å²) >= 11 is 5.73. The molecule has 1 aromatic heterocycles. The van der Waals surface area contributed by atoms with Gasteiger partial charge in [-0.15, -0.1) is 12.4 Å². The van der Waals surface area contributed by atoms with Crippen LogP contribution in [0.1, 0.15) is 24.8 Å². The summed E-state index contributed by atoms with van der Waals surface area (Å²) in [6, 6.07) is 4.47. The fourth-order valence-corrected chi connectivity index (χ4v) is 2.11. The Kier molecular flexibility index (Phi) is 6.82. The zero-order valence-corrected chi connectivity index (χ0v) is 11.4. The summed E-state index contributed by atoms with van der Waals surface area (Å²) in [4.78, 5) is 4.05. The number of rotatable bonds is 4. The topological polar surface area (TPSA) is 37.0 Å². The van der Waals surface area contributed by atoms with Crippen molar-refractivity contribution < 1.29 is 0 Å². The molecule has 3 nitrogen and oxygen atoms in total. The molecule has 5 heteroatoms. The summed E-state index contributed by atoms with van der Waals surface area (Å²) in [5.41, 5.74) is 1.18. The van der Waals surface area contributed by atoms with Gasteiger partial charge < -0.3 is 10.6 Å². The minimum Gasteiger partial charge on any atom is -0.313 e. The number of hydrogen-bond acceptors (Lipinski definition) is 3. The predicted octanol–water partition coefficient (Wildman–Crippen LogP) is 2.39. The first-order chi connectivity index (χ1) is 7.84. The van der Waals surface area contributed by atoms with E-state index in [0.717, 1.165) is 19.6 Å². The zero-order chi connectivity index (χ0) is 11.2. The molecule has 0 saturated carbocycles. The molecule has 2 rings (SSSR count). The fraction of sp³-hybridized carbons (Fsp3) is 0.583. The monoisotopic (exact) mass is 275 g/mol. The molecule has 17 heavy (non-hydrogen) atoms. The number of hydrogen-bond donors (Lipinski definition) is 2. The van der Waals surface area contributed by atoms with Crippen LogP contribution in [0.25, 0.3) is 0 Å². The highest BCUT2D eigenvalue weighted by molar-refractivity contribution is 6.29. The number of nitrogens with one attached hydrogen (secondary N) is 2.